The Bertz CT molecular complexity index is 346. The van der Waals surface area contributed by atoms with Crippen LogP contribution in [0.3, 0.4) is 0 Å². The van der Waals surface area contributed by atoms with Crippen LogP contribution in [0.1, 0.15) is 40.0 Å². The van der Waals surface area contributed by atoms with Gasteiger partial charge >= 0.3 is 17.9 Å². The summed E-state index contributed by atoms with van der Waals surface area (Å²) in [5.74, 6) is -3.66. The van der Waals surface area contributed by atoms with Crippen molar-refractivity contribution in [1.82, 2.24) is 0 Å². The molecule has 1 unspecified atom stereocenters. The number of ether oxygens (including phenoxy) is 1. The average Bonchev–Trinajstić information content (AvgIpc) is 2.13. The molecule has 4 N–H and O–H groups in total. The summed E-state index contributed by atoms with van der Waals surface area (Å²) in [7, 11) is 0. The third-order valence-corrected chi connectivity index (χ3v) is 2.11. The lowest BCUT2D eigenvalue weighted by Gasteiger charge is -2.27. The van der Waals surface area contributed by atoms with Gasteiger partial charge in [0.2, 0.25) is 5.54 Å². The van der Waals surface area contributed by atoms with E-state index in [4.69, 9.17) is 20.7 Å². The summed E-state index contributed by atoms with van der Waals surface area (Å²) in [4.78, 5) is 33.1. The largest absolute Gasteiger partial charge is 0.481 e. The molecule has 0 spiro atoms. The van der Waals surface area contributed by atoms with Crippen molar-refractivity contribution < 1.29 is 29.3 Å². The van der Waals surface area contributed by atoms with Gasteiger partial charge in [0, 0.05) is 6.42 Å². The monoisotopic (exact) mass is 261 g/mol. The lowest BCUT2D eigenvalue weighted by molar-refractivity contribution is -0.169. The Kier molecular flexibility index (Phi) is 5.29. The average molecular weight is 261 g/mol. The number of hydrogen-bond acceptors (Lipinski definition) is 5. The first-order valence-corrected chi connectivity index (χ1v) is 5.46. The predicted octanol–water partition coefficient (Wildman–Crippen LogP) is 0.365. The van der Waals surface area contributed by atoms with Crippen molar-refractivity contribution in [1.29, 1.82) is 0 Å². The zero-order valence-electron chi connectivity index (χ0n) is 10.7. The highest BCUT2D eigenvalue weighted by Crippen LogP contribution is 2.18. The van der Waals surface area contributed by atoms with Gasteiger partial charge in [0.15, 0.2) is 0 Å². The maximum atomic E-state index is 11.7. The van der Waals surface area contributed by atoms with Gasteiger partial charge < -0.3 is 20.7 Å². The second-order valence-corrected chi connectivity index (χ2v) is 5.03. The lowest BCUT2D eigenvalue weighted by Crippen LogP contribution is -2.57. The molecule has 0 aliphatic carbocycles. The van der Waals surface area contributed by atoms with Crippen molar-refractivity contribution in [2.24, 2.45) is 5.73 Å². The third-order valence-electron chi connectivity index (χ3n) is 2.11. The minimum atomic E-state index is -2.21. The van der Waals surface area contributed by atoms with Crippen LogP contribution in [0.5, 0.6) is 0 Å². The first kappa shape index (κ1) is 16.4. The molecule has 0 saturated heterocycles. The van der Waals surface area contributed by atoms with Gasteiger partial charge in [-0.15, -0.1) is 0 Å². The normalized spacial score (nSPS) is 14.7. The Balaban J connectivity index is 4.76. The van der Waals surface area contributed by atoms with Crippen molar-refractivity contribution in [3.8, 4) is 0 Å². The molecule has 0 rings (SSSR count). The fourth-order valence-corrected chi connectivity index (χ4v) is 1.18. The first-order valence-electron chi connectivity index (χ1n) is 5.46. The van der Waals surface area contributed by atoms with Crippen LogP contribution in [0, 0.1) is 0 Å². The second kappa shape index (κ2) is 5.81. The topological polar surface area (TPSA) is 127 Å². The third kappa shape index (κ3) is 5.13. The number of nitrogens with two attached hydrogens (primary N) is 1. The Hall–Kier alpha value is -1.63. The van der Waals surface area contributed by atoms with Crippen LogP contribution in [-0.2, 0) is 19.1 Å². The van der Waals surface area contributed by atoms with Crippen molar-refractivity contribution in [2.75, 3.05) is 0 Å². The predicted molar refractivity (Wildman–Crippen MR) is 61.9 cm³/mol. The smallest absolute Gasteiger partial charge is 0.338 e. The molecule has 18 heavy (non-hydrogen) atoms. The molecule has 0 fully saturated rings. The maximum Gasteiger partial charge on any atom is 0.338 e. The number of rotatable bonds is 6. The molecule has 0 aromatic carbocycles. The van der Waals surface area contributed by atoms with Crippen LogP contribution in [0.4, 0.5) is 0 Å². The fourth-order valence-electron chi connectivity index (χ4n) is 1.18. The molecule has 7 nitrogen and oxygen atoms in total. The summed E-state index contributed by atoms with van der Waals surface area (Å²) in [6, 6.07) is 0. The summed E-state index contributed by atoms with van der Waals surface area (Å²) >= 11 is 0. The van der Waals surface area contributed by atoms with Gasteiger partial charge in [0.1, 0.15) is 5.60 Å². The van der Waals surface area contributed by atoms with E-state index in [-0.39, 0.29) is 19.3 Å². The summed E-state index contributed by atoms with van der Waals surface area (Å²) in [5, 5.41) is 17.5. The molecule has 0 saturated carbocycles. The summed E-state index contributed by atoms with van der Waals surface area (Å²) in [6.07, 6.45) is -0.560. The Labute approximate surface area is 105 Å². The Morgan fingerprint density at radius 1 is 1.17 bits per heavy atom. The lowest BCUT2D eigenvalue weighted by atomic mass is 9.93. The Morgan fingerprint density at radius 2 is 1.67 bits per heavy atom. The van der Waals surface area contributed by atoms with Crippen LogP contribution in [-0.4, -0.2) is 39.3 Å². The van der Waals surface area contributed by atoms with E-state index in [1.807, 2.05) is 0 Å². The first-order chi connectivity index (χ1) is 7.99. The number of carbonyl (C=O) groups excluding carboxylic acids is 1. The van der Waals surface area contributed by atoms with Crippen LogP contribution >= 0.6 is 0 Å². The van der Waals surface area contributed by atoms with Gasteiger partial charge in [-0.05, 0) is 33.6 Å². The van der Waals surface area contributed by atoms with Crippen LogP contribution in [0.25, 0.3) is 0 Å². The molecule has 7 heteroatoms. The maximum absolute atomic E-state index is 11.7. The van der Waals surface area contributed by atoms with E-state index < -0.39 is 29.0 Å². The molecule has 104 valence electrons. The molecule has 0 bridgehead atoms. The van der Waals surface area contributed by atoms with E-state index in [9.17, 15) is 14.4 Å². The van der Waals surface area contributed by atoms with E-state index in [0.717, 1.165) is 0 Å². The standard InChI is InChI=1S/C11H19NO6/c1-10(2,3)18-9(17)11(12,8(15)16)6-4-5-7(13)14/h4-6,12H2,1-3H3,(H,13,14)(H,15,16). The summed E-state index contributed by atoms with van der Waals surface area (Å²) in [5.41, 5.74) is 2.45. The van der Waals surface area contributed by atoms with E-state index >= 15 is 0 Å². The highest BCUT2D eigenvalue weighted by molar-refractivity contribution is 6.03. The molecule has 0 aliphatic heterocycles. The van der Waals surface area contributed by atoms with Crippen molar-refractivity contribution in [3.63, 3.8) is 0 Å². The minimum Gasteiger partial charge on any atom is -0.481 e. The summed E-state index contributed by atoms with van der Waals surface area (Å²) in [6.45, 7) is 4.76. The molecular weight excluding hydrogens is 242 g/mol. The number of hydrogen-bond donors (Lipinski definition) is 3. The van der Waals surface area contributed by atoms with Gasteiger partial charge in [-0.3, -0.25) is 4.79 Å². The van der Waals surface area contributed by atoms with Crippen molar-refractivity contribution >= 4 is 17.9 Å². The molecule has 0 amide bonds. The molecule has 0 aromatic rings. The Morgan fingerprint density at radius 3 is 2.00 bits per heavy atom. The van der Waals surface area contributed by atoms with Crippen LogP contribution in [0.15, 0.2) is 0 Å². The van der Waals surface area contributed by atoms with Gasteiger partial charge in [-0.25, -0.2) is 9.59 Å². The highest BCUT2D eigenvalue weighted by Gasteiger charge is 2.45. The number of esters is 1. The van der Waals surface area contributed by atoms with E-state index in [1.165, 1.54) is 0 Å². The quantitative estimate of drug-likeness (QED) is 0.465. The molecule has 0 aliphatic rings. The SMILES string of the molecule is CC(C)(C)OC(=O)C(N)(CCCC(=O)O)C(=O)O. The van der Waals surface area contributed by atoms with Gasteiger partial charge in [0.05, 0.1) is 0 Å². The minimum absolute atomic E-state index is 0.0165. The number of aliphatic carboxylic acids is 2. The van der Waals surface area contributed by atoms with Crippen LogP contribution in [0.2, 0.25) is 0 Å². The van der Waals surface area contributed by atoms with Crippen molar-refractivity contribution in [2.45, 2.75) is 51.2 Å². The molecule has 0 aromatic heterocycles. The van der Waals surface area contributed by atoms with E-state index in [1.54, 1.807) is 20.8 Å². The number of carboxylic acids is 2. The number of carbonyl (C=O) groups is 3. The second-order valence-electron chi connectivity index (χ2n) is 5.03. The zero-order chi connectivity index (χ0) is 14.6. The molecular formula is C11H19NO6. The molecule has 1 atom stereocenters. The van der Waals surface area contributed by atoms with E-state index in [0.29, 0.717) is 0 Å². The molecule has 0 heterocycles. The highest BCUT2D eigenvalue weighted by atomic mass is 16.6. The number of carboxylic acid groups (broad SMARTS) is 2. The summed E-state index contributed by atoms with van der Waals surface area (Å²) < 4.78 is 4.93. The van der Waals surface area contributed by atoms with Gasteiger partial charge in [0.25, 0.3) is 0 Å². The molecule has 0 radical (unpaired) electrons. The van der Waals surface area contributed by atoms with E-state index in [2.05, 4.69) is 0 Å². The van der Waals surface area contributed by atoms with Crippen molar-refractivity contribution in [3.05, 3.63) is 0 Å². The zero-order valence-corrected chi connectivity index (χ0v) is 10.7. The fraction of sp³-hybridized carbons (Fsp3) is 0.727. The van der Waals surface area contributed by atoms with Gasteiger partial charge in [-0.1, -0.05) is 0 Å². The van der Waals surface area contributed by atoms with Crippen LogP contribution < -0.4 is 5.73 Å². The van der Waals surface area contributed by atoms with Gasteiger partial charge in [-0.2, -0.15) is 0 Å².